The topological polar surface area (TPSA) is 56.3 Å². The molecule has 0 fully saturated rings. The molecule has 17 heavy (non-hydrogen) atoms. The molecule has 2 atom stereocenters. The Labute approximate surface area is 102 Å². The summed E-state index contributed by atoms with van der Waals surface area (Å²) in [5.74, 6) is -0.408. The van der Waals surface area contributed by atoms with Gasteiger partial charge in [0.25, 0.3) is 0 Å². The number of aldehydes is 1. The maximum atomic E-state index is 12.2. The molecule has 3 rings (SSSR count). The number of allylic oxidation sites excluding steroid dienone is 2. The summed E-state index contributed by atoms with van der Waals surface area (Å²) in [6.45, 7) is 0.418. The summed E-state index contributed by atoms with van der Waals surface area (Å²) in [4.78, 5) is 27.5. The first-order chi connectivity index (χ1) is 8.29. The highest BCUT2D eigenvalue weighted by Gasteiger charge is 2.36. The number of hydrogen-bond acceptors (Lipinski definition) is 5. The molecule has 1 aliphatic heterocycles. The smallest absolute Gasteiger partial charge is 0.161 e. The molecule has 0 bridgehead atoms. The van der Waals surface area contributed by atoms with Crippen LogP contribution in [-0.2, 0) is 9.53 Å². The summed E-state index contributed by atoms with van der Waals surface area (Å²) in [6, 6.07) is 0. The van der Waals surface area contributed by atoms with Crippen molar-refractivity contribution in [2.45, 2.75) is 5.92 Å². The minimum absolute atomic E-state index is 0.100. The summed E-state index contributed by atoms with van der Waals surface area (Å²) >= 11 is 1.27. The van der Waals surface area contributed by atoms with Gasteiger partial charge in [-0.2, -0.15) is 0 Å². The molecule has 5 heteroatoms. The van der Waals surface area contributed by atoms with Gasteiger partial charge in [0.1, 0.15) is 11.6 Å². The number of nitrogens with zero attached hydrogens (tertiary/aromatic N) is 1. The zero-order valence-corrected chi connectivity index (χ0v) is 9.65. The number of carbonyl (C=O) groups excluding carboxylic acids is 2. The van der Waals surface area contributed by atoms with Crippen LogP contribution in [0.5, 0.6) is 0 Å². The minimum Gasteiger partial charge on any atom is -0.500 e. The van der Waals surface area contributed by atoms with Crippen LogP contribution in [0.3, 0.4) is 0 Å². The first kappa shape index (κ1) is 10.4. The van der Waals surface area contributed by atoms with Gasteiger partial charge in [-0.3, -0.25) is 9.59 Å². The molecular formula is C12H9NO3S. The molecule has 0 saturated heterocycles. The van der Waals surface area contributed by atoms with Gasteiger partial charge < -0.3 is 4.74 Å². The number of Topliss-reactive ketones (excluding diaryl/α,β-unsaturated/α-hetero) is 1. The Morgan fingerprint density at radius 3 is 3.18 bits per heavy atom. The van der Waals surface area contributed by atoms with Crippen molar-refractivity contribution in [3.05, 3.63) is 40.1 Å². The Bertz CT molecular complexity index is 544. The molecule has 0 aromatic carbocycles. The van der Waals surface area contributed by atoms with E-state index in [1.165, 1.54) is 17.5 Å². The second-order valence-electron chi connectivity index (χ2n) is 3.96. The fraction of sp³-hybridized carbons (Fsp3) is 0.250. The molecule has 4 nitrogen and oxygen atoms in total. The van der Waals surface area contributed by atoms with Gasteiger partial charge in [0.05, 0.1) is 23.0 Å². The fourth-order valence-electron chi connectivity index (χ4n) is 2.04. The van der Waals surface area contributed by atoms with E-state index in [0.717, 1.165) is 11.9 Å². The van der Waals surface area contributed by atoms with Crippen molar-refractivity contribution in [3.8, 4) is 0 Å². The third-order valence-corrected chi connectivity index (χ3v) is 3.95. The summed E-state index contributed by atoms with van der Waals surface area (Å²) < 4.78 is 5.17. The predicted molar refractivity (Wildman–Crippen MR) is 61.9 cm³/mol. The number of aromatic nitrogens is 1. The Kier molecular flexibility index (Phi) is 2.40. The largest absolute Gasteiger partial charge is 0.500 e. The van der Waals surface area contributed by atoms with Gasteiger partial charge in [-0.25, -0.2) is 4.98 Å². The van der Waals surface area contributed by atoms with E-state index in [-0.39, 0.29) is 17.6 Å². The molecule has 1 aromatic heterocycles. The van der Waals surface area contributed by atoms with Crippen molar-refractivity contribution < 1.29 is 14.3 Å². The Morgan fingerprint density at radius 1 is 1.53 bits per heavy atom. The molecule has 2 aliphatic rings. The third-order valence-electron chi connectivity index (χ3n) is 2.94. The lowest BCUT2D eigenvalue weighted by atomic mass is 9.84. The van der Waals surface area contributed by atoms with Crippen LogP contribution in [0.15, 0.2) is 30.2 Å². The molecular weight excluding hydrogens is 238 g/mol. The van der Waals surface area contributed by atoms with Crippen molar-refractivity contribution in [3.63, 3.8) is 0 Å². The van der Waals surface area contributed by atoms with Crippen LogP contribution in [0.1, 0.15) is 20.6 Å². The molecule has 1 aromatic rings. The number of hydrogen-bond donors (Lipinski definition) is 0. The standard InChI is InChI=1S/C12H9NO3S/c14-4-8-3-13-12(17-8)9-2-1-7-5-16-6-10(7)11(9)15/h1-5,9-10H,6H2. The maximum Gasteiger partial charge on any atom is 0.161 e. The molecule has 0 radical (unpaired) electrons. The lowest BCUT2D eigenvalue weighted by Crippen LogP contribution is -2.26. The molecule has 86 valence electrons. The second kappa shape index (κ2) is 3.92. The quantitative estimate of drug-likeness (QED) is 0.746. The number of thiazole rings is 1. The SMILES string of the molecule is O=Cc1cnc(C2C=CC3=COCC3C2=O)s1. The van der Waals surface area contributed by atoms with E-state index in [4.69, 9.17) is 4.74 Å². The van der Waals surface area contributed by atoms with Gasteiger partial charge in [0.2, 0.25) is 0 Å². The zero-order valence-electron chi connectivity index (χ0n) is 8.83. The van der Waals surface area contributed by atoms with Crippen LogP contribution in [-0.4, -0.2) is 23.7 Å². The summed E-state index contributed by atoms with van der Waals surface area (Å²) in [7, 11) is 0. The van der Waals surface area contributed by atoms with Crippen LogP contribution >= 0.6 is 11.3 Å². The number of ketones is 1. The lowest BCUT2D eigenvalue weighted by molar-refractivity contribution is -0.122. The van der Waals surface area contributed by atoms with E-state index in [1.807, 2.05) is 12.2 Å². The number of rotatable bonds is 2. The van der Waals surface area contributed by atoms with E-state index in [0.29, 0.717) is 16.5 Å². The fourth-order valence-corrected chi connectivity index (χ4v) is 2.86. The van der Waals surface area contributed by atoms with Crippen molar-refractivity contribution in [1.29, 1.82) is 0 Å². The van der Waals surface area contributed by atoms with Crippen LogP contribution in [0.2, 0.25) is 0 Å². The molecule has 1 aliphatic carbocycles. The van der Waals surface area contributed by atoms with Gasteiger partial charge in [0, 0.05) is 11.8 Å². The first-order valence-corrected chi connectivity index (χ1v) is 6.06. The van der Waals surface area contributed by atoms with E-state index >= 15 is 0 Å². The minimum atomic E-state index is -0.336. The van der Waals surface area contributed by atoms with Crippen molar-refractivity contribution in [2.24, 2.45) is 5.92 Å². The predicted octanol–water partition coefficient (Wildman–Crippen LogP) is 1.71. The Balaban J connectivity index is 1.94. The normalized spacial score (nSPS) is 26.4. The molecule has 0 spiro atoms. The first-order valence-electron chi connectivity index (χ1n) is 5.24. The highest BCUT2D eigenvalue weighted by atomic mass is 32.1. The summed E-state index contributed by atoms with van der Waals surface area (Å²) in [6.07, 6.45) is 7.62. The molecule has 0 saturated carbocycles. The van der Waals surface area contributed by atoms with Gasteiger partial charge >= 0.3 is 0 Å². The molecule has 2 unspecified atom stereocenters. The van der Waals surface area contributed by atoms with Crippen LogP contribution in [0, 0.1) is 5.92 Å². The van der Waals surface area contributed by atoms with Gasteiger partial charge in [-0.05, 0) is 0 Å². The monoisotopic (exact) mass is 247 g/mol. The number of fused-ring (bicyclic) bond motifs is 1. The summed E-state index contributed by atoms with van der Waals surface area (Å²) in [5.41, 5.74) is 0.929. The number of ether oxygens (including phenoxy) is 1. The number of carbonyl (C=O) groups is 2. The molecule has 0 amide bonds. The van der Waals surface area contributed by atoms with Crippen molar-refractivity contribution in [2.75, 3.05) is 6.61 Å². The van der Waals surface area contributed by atoms with Gasteiger partial charge in [-0.1, -0.05) is 12.2 Å². The summed E-state index contributed by atoms with van der Waals surface area (Å²) in [5, 5.41) is 0.680. The average Bonchev–Trinajstić information content (AvgIpc) is 2.97. The van der Waals surface area contributed by atoms with Gasteiger partial charge in [0.15, 0.2) is 12.1 Å². The van der Waals surface area contributed by atoms with E-state index in [2.05, 4.69) is 4.98 Å². The Morgan fingerprint density at radius 2 is 2.41 bits per heavy atom. The van der Waals surface area contributed by atoms with E-state index in [9.17, 15) is 9.59 Å². The van der Waals surface area contributed by atoms with Crippen LogP contribution in [0.25, 0.3) is 0 Å². The second-order valence-corrected chi connectivity index (χ2v) is 5.06. The highest BCUT2D eigenvalue weighted by molar-refractivity contribution is 7.13. The van der Waals surface area contributed by atoms with E-state index < -0.39 is 0 Å². The third kappa shape index (κ3) is 1.63. The van der Waals surface area contributed by atoms with Crippen molar-refractivity contribution >= 4 is 23.4 Å². The van der Waals surface area contributed by atoms with Crippen molar-refractivity contribution in [1.82, 2.24) is 4.98 Å². The zero-order chi connectivity index (χ0) is 11.8. The lowest BCUT2D eigenvalue weighted by Gasteiger charge is -2.19. The molecule has 2 heterocycles. The maximum absolute atomic E-state index is 12.2. The highest BCUT2D eigenvalue weighted by Crippen LogP contribution is 2.35. The Hall–Kier alpha value is -1.75. The molecule has 0 N–H and O–H groups in total. The average molecular weight is 247 g/mol. The van der Waals surface area contributed by atoms with Crippen LogP contribution in [0.4, 0.5) is 0 Å². The van der Waals surface area contributed by atoms with Crippen LogP contribution < -0.4 is 0 Å². The van der Waals surface area contributed by atoms with E-state index in [1.54, 1.807) is 6.26 Å². The van der Waals surface area contributed by atoms with Gasteiger partial charge in [-0.15, -0.1) is 11.3 Å².